The maximum Gasteiger partial charge on any atom is 0.240 e. The van der Waals surface area contributed by atoms with Crippen LogP contribution >= 0.6 is 24.2 Å². The molecule has 2 saturated carbocycles. The van der Waals surface area contributed by atoms with Gasteiger partial charge in [-0.2, -0.15) is 0 Å². The number of nitrogens with one attached hydrogen (secondary N) is 1. The van der Waals surface area contributed by atoms with Crippen molar-refractivity contribution in [2.24, 2.45) is 5.73 Å². The second-order valence-electron chi connectivity index (χ2n) is 6.85. The van der Waals surface area contributed by atoms with E-state index in [0.717, 1.165) is 32.2 Å². The smallest absolute Gasteiger partial charge is 0.240 e. The van der Waals surface area contributed by atoms with Crippen LogP contribution in [-0.2, 0) is 4.79 Å². The maximum atomic E-state index is 12.5. The van der Waals surface area contributed by atoms with Crippen molar-refractivity contribution in [2.75, 3.05) is 6.54 Å². The van der Waals surface area contributed by atoms with Crippen molar-refractivity contribution < 1.29 is 4.79 Å². The van der Waals surface area contributed by atoms with Gasteiger partial charge in [0.15, 0.2) is 0 Å². The molecule has 0 radical (unpaired) electrons. The number of carbonyl (C=O) groups is 1. The first-order valence-electron chi connectivity index (χ1n) is 8.43. The number of hydrogen-bond donors (Lipinski definition) is 2. The molecule has 0 unspecified atom stereocenters. The Hall–Kier alpha value is -0.710. The molecule has 0 atom stereocenters. The third kappa shape index (κ3) is 4.43. The third-order valence-electron chi connectivity index (χ3n) is 5.11. The zero-order valence-corrected chi connectivity index (χ0v) is 15.2. The largest absolute Gasteiger partial charge is 0.353 e. The van der Waals surface area contributed by atoms with Gasteiger partial charge in [0.2, 0.25) is 5.91 Å². The molecule has 23 heavy (non-hydrogen) atoms. The summed E-state index contributed by atoms with van der Waals surface area (Å²) in [6.45, 7) is 0.740. The van der Waals surface area contributed by atoms with Gasteiger partial charge in [-0.1, -0.05) is 43.9 Å². The van der Waals surface area contributed by atoms with E-state index in [1.165, 1.54) is 30.6 Å². The van der Waals surface area contributed by atoms with Crippen molar-refractivity contribution in [2.45, 2.75) is 66.5 Å². The van der Waals surface area contributed by atoms with E-state index in [-0.39, 0.29) is 23.1 Å². The Labute approximate surface area is 149 Å². The molecule has 0 heterocycles. The lowest BCUT2D eigenvalue weighted by Gasteiger charge is -2.31. The second-order valence-corrected chi connectivity index (χ2v) is 8.39. The topological polar surface area (TPSA) is 55.1 Å². The van der Waals surface area contributed by atoms with Crippen molar-refractivity contribution in [3.8, 4) is 0 Å². The number of carbonyl (C=O) groups excluding carboxylic acids is 1. The number of halogens is 1. The number of nitrogens with two attached hydrogens (primary N) is 1. The molecule has 1 aromatic carbocycles. The molecule has 0 aliphatic heterocycles. The van der Waals surface area contributed by atoms with Gasteiger partial charge < -0.3 is 11.1 Å². The predicted octanol–water partition coefficient (Wildman–Crippen LogP) is 3.90. The first-order valence-corrected chi connectivity index (χ1v) is 9.25. The lowest BCUT2D eigenvalue weighted by molar-refractivity contribution is -0.126. The SMILES string of the molecule is Cl.NC1(C(=O)NCC2(Sc3ccccc3)CCCC2)CCCC1. The lowest BCUT2D eigenvalue weighted by Crippen LogP contribution is -2.54. The van der Waals surface area contributed by atoms with E-state index in [4.69, 9.17) is 5.73 Å². The summed E-state index contributed by atoms with van der Waals surface area (Å²) in [4.78, 5) is 13.8. The Morgan fingerprint density at radius 3 is 2.22 bits per heavy atom. The molecule has 1 amide bonds. The fourth-order valence-corrected chi connectivity index (χ4v) is 5.15. The fraction of sp³-hybridized carbons (Fsp3) is 0.611. The van der Waals surface area contributed by atoms with Gasteiger partial charge in [-0.15, -0.1) is 24.2 Å². The third-order valence-corrected chi connectivity index (χ3v) is 6.60. The van der Waals surface area contributed by atoms with Crippen LogP contribution < -0.4 is 11.1 Å². The zero-order valence-electron chi connectivity index (χ0n) is 13.6. The van der Waals surface area contributed by atoms with Gasteiger partial charge >= 0.3 is 0 Å². The minimum Gasteiger partial charge on any atom is -0.353 e. The maximum absolute atomic E-state index is 12.5. The van der Waals surface area contributed by atoms with Crippen molar-refractivity contribution in [3.63, 3.8) is 0 Å². The van der Waals surface area contributed by atoms with E-state index in [1.807, 2.05) is 17.8 Å². The summed E-state index contributed by atoms with van der Waals surface area (Å²) in [5.41, 5.74) is 5.65. The van der Waals surface area contributed by atoms with E-state index in [2.05, 4.69) is 29.6 Å². The predicted molar refractivity (Wildman–Crippen MR) is 99.1 cm³/mol. The first kappa shape index (κ1) is 18.6. The molecular formula is C18H27ClN2OS. The van der Waals surface area contributed by atoms with Gasteiger partial charge in [-0.25, -0.2) is 0 Å². The fourth-order valence-electron chi connectivity index (χ4n) is 3.72. The molecule has 2 aliphatic rings. The van der Waals surface area contributed by atoms with E-state index >= 15 is 0 Å². The van der Waals surface area contributed by atoms with Crippen molar-refractivity contribution in [1.82, 2.24) is 5.32 Å². The highest BCUT2D eigenvalue weighted by Crippen LogP contribution is 2.45. The number of amides is 1. The van der Waals surface area contributed by atoms with Gasteiger partial charge in [0.05, 0.1) is 5.54 Å². The molecule has 0 bridgehead atoms. The molecule has 3 nitrogen and oxygen atoms in total. The highest BCUT2D eigenvalue weighted by Gasteiger charge is 2.40. The van der Waals surface area contributed by atoms with Crippen LogP contribution in [0.5, 0.6) is 0 Å². The highest BCUT2D eigenvalue weighted by molar-refractivity contribution is 8.00. The molecule has 0 aromatic heterocycles. The molecule has 2 fully saturated rings. The van der Waals surface area contributed by atoms with Crippen LogP contribution in [0.4, 0.5) is 0 Å². The van der Waals surface area contributed by atoms with Crippen molar-refractivity contribution in [1.29, 1.82) is 0 Å². The Kier molecular flexibility index (Phi) is 6.40. The van der Waals surface area contributed by atoms with Crippen LogP contribution in [0.15, 0.2) is 35.2 Å². The summed E-state index contributed by atoms with van der Waals surface area (Å²) in [6, 6.07) is 10.5. The minimum atomic E-state index is -0.614. The summed E-state index contributed by atoms with van der Waals surface area (Å²) < 4.78 is 0.145. The number of rotatable bonds is 5. The van der Waals surface area contributed by atoms with E-state index in [1.54, 1.807) is 0 Å². The Morgan fingerprint density at radius 2 is 1.61 bits per heavy atom. The lowest BCUT2D eigenvalue weighted by atomic mass is 9.97. The second kappa shape index (κ2) is 7.91. The zero-order chi connectivity index (χ0) is 15.5. The highest BCUT2D eigenvalue weighted by atomic mass is 35.5. The molecule has 128 valence electrons. The molecule has 1 aromatic rings. The number of thioether (sulfide) groups is 1. The quantitative estimate of drug-likeness (QED) is 0.843. The van der Waals surface area contributed by atoms with Gasteiger partial charge in [0, 0.05) is 16.2 Å². The molecule has 3 N–H and O–H groups in total. The summed E-state index contributed by atoms with van der Waals surface area (Å²) in [7, 11) is 0. The molecular weight excluding hydrogens is 328 g/mol. The molecule has 0 saturated heterocycles. The Bertz CT molecular complexity index is 511. The van der Waals surface area contributed by atoms with Crippen molar-refractivity contribution in [3.05, 3.63) is 30.3 Å². The van der Waals surface area contributed by atoms with Crippen LogP contribution in [0, 0.1) is 0 Å². The standard InChI is InChI=1S/C18H26N2OS.ClH/c19-18(12-6-7-13-18)16(21)20-14-17(10-4-5-11-17)22-15-8-2-1-3-9-15;/h1-3,8-9H,4-7,10-14,19H2,(H,20,21);1H. The summed E-state index contributed by atoms with van der Waals surface area (Å²) >= 11 is 1.93. The summed E-state index contributed by atoms with van der Waals surface area (Å²) in [5.74, 6) is 0.0601. The molecule has 2 aliphatic carbocycles. The monoisotopic (exact) mass is 354 g/mol. The van der Waals surface area contributed by atoms with E-state index < -0.39 is 5.54 Å². The van der Waals surface area contributed by atoms with Gasteiger partial charge in [0.1, 0.15) is 0 Å². The van der Waals surface area contributed by atoms with Crippen LogP contribution in [0.25, 0.3) is 0 Å². The normalized spacial score (nSPS) is 21.6. The first-order chi connectivity index (χ1) is 10.6. The average molecular weight is 355 g/mol. The van der Waals surface area contributed by atoms with Gasteiger partial charge in [-0.05, 0) is 37.8 Å². The van der Waals surface area contributed by atoms with E-state index in [9.17, 15) is 4.79 Å². The van der Waals surface area contributed by atoms with Crippen LogP contribution in [0.1, 0.15) is 51.4 Å². The van der Waals surface area contributed by atoms with Crippen molar-refractivity contribution >= 4 is 30.1 Å². The van der Waals surface area contributed by atoms with Crippen LogP contribution in [0.3, 0.4) is 0 Å². The number of hydrogen-bond acceptors (Lipinski definition) is 3. The molecule has 3 rings (SSSR count). The molecule has 5 heteroatoms. The van der Waals surface area contributed by atoms with Crippen LogP contribution in [-0.4, -0.2) is 22.7 Å². The number of benzene rings is 1. The summed E-state index contributed by atoms with van der Waals surface area (Å²) in [6.07, 6.45) is 8.67. The average Bonchev–Trinajstić information content (AvgIpc) is 3.17. The summed E-state index contributed by atoms with van der Waals surface area (Å²) in [5, 5.41) is 3.18. The molecule has 0 spiro atoms. The minimum absolute atomic E-state index is 0. The van der Waals surface area contributed by atoms with Gasteiger partial charge in [-0.3, -0.25) is 4.79 Å². The Balaban J connectivity index is 0.00000192. The van der Waals surface area contributed by atoms with Gasteiger partial charge in [0.25, 0.3) is 0 Å². The van der Waals surface area contributed by atoms with Crippen LogP contribution in [0.2, 0.25) is 0 Å². The Morgan fingerprint density at radius 1 is 1.04 bits per heavy atom. The van der Waals surface area contributed by atoms with E-state index in [0.29, 0.717) is 0 Å².